The summed E-state index contributed by atoms with van der Waals surface area (Å²) < 4.78 is 0. The maximum absolute atomic E-state index is 9.18. The molecule has 1 fully saturated rings. The van der Waals surface area contributed by atoms with Gasteiger partial charge in [-0.3, -0.25) is 0 Å². The topological polar surface area (TPSA) is 20.2 Å². The molecule has 1 saturated carbocycles. The van der Waals surface area contributed by atoms with Crippen LogP contribution in [0.15, 0.2) is 24.3 Å². The van der Waals surface area contributed by atoms with Gasteiger partial charge < -0.3 is 5.11 Å². The van der Waals surface area contributed by atoms with Crippen molar-refractivity contribution in [1.29, 1.82) is 0 Å². The van der Waals surface area contributed by atoms with Crippen LogP contribution in [0.3, 0.4) is 0 Å². The molecule has 0 bridgehead atoms. The zero-order chi connectivity index (χ0) is 13.5. The zero-order valence-electron chi connectivity index (χ0n) is 12.3. The fourth-order valence-electron chi connectivity index (χ4n) is 3.46. The molecule has 1 nitrogen and oxygen atoms in total. The van der Waals surface area contributed by atoms with Gasteiger partial charge in [-0.2, -0.15) is 0 Å². The second-order valence-electron chi connectivity index (χ2n) is 6.00. The highest BCUT2D eigenvalue weighted by atomic mass is 16.3. The molecule has 1 N–H and O–H groups in total. The van der Waals surface area contributed by atoms with E-state index in [1.807, 2.05) is 0 Å². The van der Waals surface area contributed by atoms with E-state index in [-0.39, 0.29) is 0 Å². The Morgan fingerprint density at radius 2 is 1.74 bits per heavy atom. The Bertz CT molecular complexity index is 342. The van der Waals surface area contributed by atoms with Crippen LogP contribution in [-0.2, 0) is 0 Å². The molecule has 0 amide bonds. The number of aliphatic hydroxyl groups is 1. The molecule has 0 aliphatic heterocycles. The highest BCUT2D eigenvalue weighted by Gasteiger charge is 2.16. The molecule has 0 aromatic heterocycles. The minimum absolute atomic E-state index is 0.301. The van der Waals surface area contributed by atoms with Crippen molar-refractivity contribution in [3.63, 3.8) is 0 Å². The number of aliphatic hydroxyl groups excluding tert-OH is 1. The van der Waals surface area contributed by atoms with Gasteiger partial charge in [0.15, 0.2) is 0 Å². The summed E-state index contributed by atoms with van der Waals surface area (Å²) in [5.74, 6) is 1.33. The van der Waals surface area contributed by atoms with E-state index < -0.39 is 0 Å². The minimum atomic E-state index is 0.301. The molecule has 2 rings (SSSR count). The largest absolute Gasteiger partial charge is 0.396 e. The normalized spacial score (nSPS) is 18.4. The summed E-state index contributed by atoms with van der Waals surface area (Å²) in [6.07, 6.45) is 10.2. The summed E-state index contributed by atoms with van der Waals surface area (Å²) in [5.41, 5.74) is 2.94. The van der Waals surface area contributed by atoms with Crippen LogP contribution in [0.2, 0.25) is 0 Å². The van der Waals surface area contributed by atoms with Crippen molar-refractivity contribution in [2.75, 3.05) is 6.61 Å². The summed E-state index contributed by atoms with van der Waals surface area (Å²) >= 11 is 0. The third kappa shape index (κ3) is 4.07. The molecule has 1 aromatic rings. The summed E-state index contributed by atoms with van der Waals surface area (Å²) in [5, 5.41) is 9.18. The van der Waals surface area contributed by atoms with Crippen LogP contribution < -0.4 is 0 Å². The monoisotopic (exact) mass is 260 g/mol. The molecular formula is C18H28O. The zero-order valence-corrected chi connectivity index (χ0v) is 12.3. The Morgan fingerprint density at radius 1 is 1.05 bits per heavy atom. The van der Waals surface area contributed by atoms with Gasteiger partial charge in [0.1, 0.15) is 0 Å². The van der Waals surface area contributed by atoms with Crippen LogP contribution in [0.4, 0.5) is 0 Å². The summed E-state index contributed by atoms with van der Waals surface area (Å²) in [7, 11) is 0. The summed E-state index contributed by atoms with van der Waals surface area (Å²) in [6, 6.07) is 9.29. The van der Waals surface area contributed by atoms with E-state index in [1.165, 1.54) is 56.1 Å². The average Bonchev–Trinajstić information content (AvgIpc) is 2.48. The predicted molar refractivity (Wildman–Crippen MR) is 81.6 cm³/mol. The van der Waals surface area contributed by atoms with E-state index in [1.54, 1.807) is 0 Å². The van der Waals surface area contributed by atoms with Gasteiger partial charge in [-0.05, 0) is 48.6 Å². The molecular weight excluding hydrogens is 232 g/mol. The number of hydrogen-bond acceptors (Lipinski definition) is 1. The molecule has 1 aliphatic carbocycles. The third-order valence-electron chi connectivity index (χ3n) is 4.60. The van der Waals surface area contributed by atoms with Crippen LogP contribution >= 0.6 is 0 Å². The Hall–Kier alpha value is -0.820. The Morgan fingerprint density at radius 3 is 2.32 bits per heavy atom. The smallest absolute Gasteiger partial charge is 0.0436 e. The summed E-state index contributed by atoms with van der Waals surface area (Å²) in [4.78, 5) is 0. The molecule has 1 aliphatic rings. The maximum Gasteiger partial charge on any atom is 0.0436 e. The van der Waals surface area contributed by atoms with Gasteiger partial charge in [0, 0.05) is 6.61 Å². The number of benzene rings is 1. The third-order valence-corrected chi connectivity index (χ3v) is 4.60. The van der Waals surface area contributed by atoms with Crippen molar-refractivity contribution >= 4 is 0 Å². The van der Waals surface area contributed by atoms with Crippen molar-refractivity contribution in [1.82, 2.24) is 0 Å². The van der Waals surface area contributed by atoms with E-state index in [9.17, 15) is 5.11 Å². The summed E-state index contributed by atoms with van der Waals surface area (Å²) in [6.45, 7) is 2.52. The lowest BCUT2D eigenvalue weighted by Gasteiger charge is -2.23. The van der Waals surface area contributed by atoms with E-state index >= 15 is 0 Å². The van der Waals surface area contributed by atoms with Crippen LogP contribution in [0.1, 0.15) is 81.3 Å². The number of hydrogen-bond donors (Lipinski definition) is 1. The molecule has 1 unspecified atom stereocenters. The molecule has 0 radical (unpaired) electrons. The van der Waals surface area contributed by atoms with Crippen LogP contribution in [0.25, 0.3) is 0 Å². The van der Waals surface area contributed by atoms with E-state index in [0.29, 0.717) is 12.5 Å². The van der Waals surface area contributed by atoms with E-state index in [4.69, 9.17) is 0 Å². The van der Waals surface area contributed by atoms with Crippen LogP contribution in [0.5, 0.6) is 0 Å². The quantitative estimate of drug-likeness (QED) is 0.763. The lowest BCUT2D eigenvalue weighted by Crippen LogP contribution is -2.05. The van der Waals surface area contributed by atoms with Crippen LogP contribution in [-0.4, -0.2) is 11.7 Å². The van der Waals surface area contributed by atoms with Gasteiger partial charge in [0.2, 0.25) is 0 Å². The van der Waals surface area contributed by atoms with Gasteiger partial charge >= 0.3 is 0 Å². The second-order valence-corrected chi connectivity index (χ2v) is 6.00. The van der Waals surface area contributed by atoms with E-state index in [0.717, 1.165) is 12.3 Å². The lowest BCUT2D eigenvalue weighted by molar-refractivity contribution is 0.272. The van der Waals surface area contributed by atoms with Crippen LogP contribution in [0, 0.1) is 0 Å². The van der Waals surface area contributed by atoms with Gasteiger partial charge in [-0.15, -0.1) is 0 Å². The Balaban J connectivity index is 2.03. The lowest BCUT2D eigenvalue weighted by atomic mass is 9.83. The van der Waals surface area contributed by atoms with Crippen molar-refractivity contribution in [3.05, 3.63) is 35.4 Å². The first-order valence-corrected chi connectivity index (χ1v) is 8.06. The fraction of sp³-hybridized carbons (Fsp3) is 0.667. The van der Waals surface area contributed by atoms with Crippen molar-refractivity contribution in [2.45, 2.75) is 70.1 Å². The molecule has 1 atom stereocenters. The highest BCUT2D eigenvalue weighted by Crippen LogP contribution is 2.33. The minimum Gasteiger partial charge on any atom is -0.396 e. The molecule has 19 heavy (non-hydrogen) atoms. The second kappa shape index (κ2) is 7.69. The molecule has 0 heterocycles. The fourth-order valence-corrected chi connectivity index (χ4v) is 3.46. The molecule has 1 heteroatoms. The SMILES string of the molecule is CCCC(CCO)c1ccc(C2CCCCC2)cc1. The van der Waals surface area contributed by atoms with Gasteiger partial charge in [-0.25, -0.2) is 0 Å². The van der Waals surface area contributed by atoms with Gasteiger partial charge in [0.05, 0.1) is 0 Å². The molecule has 0 spiro atoms. The Labute approximate surface area is 118 Å². The van der Waals surface area contributed by atoms with Crippen molar-refractivity contribution in [3.8, 4) is 0 Å². The average molecular weight is 260 g/mol. The first-order chi connectivity index (χ1) is 9.35. The van der Waals surface area contributed by atoms with E-state index in [2.05, 4.69) is 31.2 Å². The van der Waals surface area contributed by atoms with Crippen molar-refractivity contribution in [2.24, 2.45) is 0 Å². The predicted octanol–water partition coefficient (Wildman–Crippen LogP) is 5.00. The molecule has 1 aromatic carbocycles. The number of rotatable bonds is 6. The van der Waals surface area contributed by atoms with Crippen molar-refractivity contribution < 1.29 is 5.11 Å². The molecule has 0 saturated heterocycles. The molecule has 106 valence electrons. The first kappa shape index (κ1) is 14.6. The standard InChI is InChI=1S/C18H28O/c1-2-6-15(13-14-19)17-9-11-18(12-10-17)16-7-4-3-5-8-16/h9-12,15-16,19H,2-8,13-14H2,1H3. The van der Waals surface area contributed by atoms with Gasteiger partial charge in [-0.1, -0.05) is 56.9 Å². The highest BCUT2D eigenvalue weighted by molar-refractivity contribution is 5.28. The first-order valence-electron chi connectivity index (χ1n) is 8.06. The van der Waals surface area contributed by atoms with Gasteiger partial charge in [0.25, 0.3) is 0 Å². The Kier molecular flexibility index (Phi) is 5.91. The maximum atomic E-state index is 9.18.